The number of carbonyl (C=O) groups excluding carboxylic acids is 1. The maximum atomic E-state index is 11.7. The molecule has 0 saturated carbocycles. The molecule has 7 heteroatoms. The van der Waals surface area contributed by atoms with E-state index in [9.17, 15) is 4.79 Å². The molecular formula is C23H26IN3O2S. The quantitative estimate of drug-likeness (QED) is 0.551. The number of piperazine rings is 1. The number of benzene rings is 2. The van der Waals surface area contributed by atoms with Crippen molar-refractivity contribution in [3.05, 3.63) is 57.2 Å². The molecule has 0 aliphatic carbocycles. The van der Waals surface area contributed by atoms with Crippen LogP contribution >= 0.6 is 34.4 Å². The van der Waals surface area contributed by atoms with Crippen molar-refractivity contribution < 1.29 is 9.53 Å². The van der Waals surface area contributed by atoms with Gasteiger partial charge in [0.1, 0.15) is 6.61 Å². The molecule has 2 fully saturated rings. The third kappa shape index (κ3) is 4.35. The van der Waals surface area contributed by atoms with Gasteiger partial charge in [0.2, 0.25) is 0 Å². The van der Waals surface area contributed by atoms with E-state index < -0.39 is 0 Å². The molecule has 0 aromatic heterocycles. The van der Waals surface area contributed by atoms with Gasteiger partial charge >= 0.3 is 6.09 Å². The fourth-order valence-corrected chi connectivity index (χ4v) is 6.28. The minimum absolute atomic E-state index is 0.158. The Morgan fingerprint density at radius 1 is 1.00 bits per heavy atom. The summed E-state index contributed by atoms with van der Waals surface area (Å²) in [7, 11) is 0. The standard InChI is InChI=1S/C23H26IN3O2S/c24-18-5-6-21-17(15-18)16-20(19-3-1-2-4-22(19)30-21)26-10-7-25(8-11-26)9-12-27-13-14-29-23(27)28/h1-6,15,20H,7-14,16H2. The Bertz CT molecular complexity index is 932. The molecule has 3 aliphatic heterocycles. The number of ether oxygens (including phenoxy) is 1. The average Bonchev–Trinajstić information content (AvgIpc) is 3.10. The lowest BCUT2D eigenvalue weighted by atomic mass is 9.96. The second kappa shape index (κ2) is 9.06. The van der Waals surface area contributed by atoms with Gasteiger partial charge in [0.15, 0.2) is 0 Å². The van der Waals surface area contributed by atoms with Crippen LogP contribution in [0.4, 0.5) is 4.79 Å². The summed E-state index contributed by atoms with van der Waals surface area (Å²) in [5, 5.41) is 0. The molecule has 3 heterocycles. The molecule has 1 amide bonds. The topological polar surface area (TPSA) is 36.0 Å². The van der Waals surface area contributed by atoms with Crippen LogP contribution in [-0.2, 0) is 11.2 Å². The molecule has 0 N–H and O–H groups in total. The van der Waals surface area contributed by atoms with E-state index in [4.69, 9.17) is 4.74 Å². The Morgan fingerprint density at radius 2 is 1.83 bits per heavy atom. The molecule has 2 saturated heterocycles. The summed E-state index contributed by atoms with van der Waals surface area (Å²) in [5.41, 5.74) is 2.92. The molecule has 3 aliphatic rings. The Kier molecular flexibility index (Phi) is 6.22. The third-order valence-corrected chi connectivity index (χ3v) is 8.19. The van der Waals surface area contributed by atoms with E-state index in [1.54, 1.807) is 0 Å². The van der Waals surface area contributed by atoms with Crippen LogP contribution in [-0.4, -0.2) is 73.2 Å². The number of nitrogens with zero attached hydrogens (tertiary/aromatic N) is 3. The second-order valence-corrected chi connectivity index (χ2v) is 10.4. The number of hydrogen-bond donors (Lipinski definition) is 0. The number of hydrogen-bond acceptors (Lipinski definition) is 5. The second-order valence-electron chi connectivity index (χ2n) is 8.09. The highest BCUT2D eigenvalue weighted by Gasteiger charge is 2.30. The average molecular weight is 535 g/mol. The van der Waals surface area contributed by atoms with Gasteiger partial charge in [0.25, 0.3) is 0 Å². The Hall–Kier alpha value is -1.29. The lowest BCUT2D eigenvalue weighted by Crippen LogP contribution is -2.49. The molecule has 30 heavy (non-hydrogen) atoms. The van der Waals surface area contributed by atoms with Crippen LogP contribution in [0, 0.1) is 3.57 Å². The number of amides is 1. The first-order chi connectivity index (χ1) is 14.7. The molecule has 1 unspecified atom stereocenters. The Labute approximate surface area is 195 Å². The predicted octanol–water partition coefficient (Wildman–Crippen LogP) is 4.11. The van der Waals surface area contributed by atoms with Crippen LogP contribution in [0.25, 0.3) is 0 Å². The first-order valence-electron chi connectivity index (χ1n) is 10.6. The molecule has 0 bridgehead atoms. The SMILES string of the molecule is O=C1OCCN1CCN1CCN(C2Cc3cc(I)ccc3Sc3ccccc32)CC1. The molecule has 5 rings (SSSR count). The largest absolute Gasteiger partial charge is 0.448 e. The van der Waals surface area contributed by atoms with E-state index >= 15 is 0 Å². The Morgan fingerprint density at radius 3 is 2.63 bits per heavy atom. The fourth-order valence-electron chi connectivity index (χ4n) is 4.61. The van der Waals surface area contributed by atoms with Crippen molar-refractivity contribution in [2.75, 3.05) is 52.4 Å². The van der Waals surface area contributed by atoms with Gasteiger partial charge in [-0.05, 0) is 64.4 Å². The van der Waals surface area contributed by atoms with Crippen LogP contribution in [0.1, 0.15) is 17.2 Å². The predicted molar refractivity (Wildman–Crippen MR) is 127 cm³/mol. The normalized spacial score (nSPS) is 22.4. The zero-order valence-corrected chi connectivity index (χ0v) is 19.9. The van der Waals surface area contributed by atoms with E-state index in [1.807, 2.05) is 16.7 Å². The lowest BCUT2D eigenvalue weighted by molar-refractivity contribution is 0.0889. The minimum atomic E-state index is -0.158. The number of carbonyl (C=O) groups is 1. The molecule has 158 valence electrons. The zero-order valence-electron chi connectivity index (χ0n) is 16.9. The van der Waals surface area contributed by atoms with E-state index in [0.717, 1.165) is 52.2 Å². The highest BCUT2D eigenvalue weighted by Crippen LogP contribution is 2.43. The molecule has 0 spiro atoms. The van der Waals surface area contributed by atoms with E-state index in [1.165, 1.54) is 24.5 Å². The van der Waals surface area contributed by atoms with Crippen molar-refractivity contribution >= 4 is 40.4 Å². The smallest absolute Gasteiger partial charge is 0.409 e. The van der Waals surface area contributed by atoms with E-state index in [0.29, 0.717) is 12.6 Å². The minimum Gasteiger partial charge on any atom is -0.448 e. The van der Waals surface area contributed by atoms with Gasteiger partial charge in [-0.25, -0.2) is 4.79 Å². The summed E-state index contributed by atoms with van der Waals surface area (Å²) in [5.74, 6) is 0. The lowest BCUT2D eigenvalue weighted by Gasteiger charge is -2.40. The van der Waals surface area contributed by atoms with Gasteiger partial charge in [0.05, 0.1) is 6.54 Å². The monoisotopic (exact) mass is 535 g/mol. The Balaban J connectivity index is 1.28. The van der Waals surface area contributed by atoms with Crippen molar-refractivity contribution in [1.29, 1.82) is 0 Å². The van der Waals surface area contributed by atoms with Gasteiger partial charge in [-0.1, -0.05) is 30.0 Å². The number of rotatable bonds is 4. The van der Waals surface area contributed by atoms with Gasteiger partial charge < -0.3 is 9.64 Å². The summed E-state index contributed by atoms with van der Waals surface area (Å²) in [6.07, 6.45) is 0.907. The van der Waals surface area contributed by atoms with Crippen LogP contribution in [0.3, 0.4) is 0 Å². The van der Waals surface area contributed by atoms with Gasteiger partial charge in [0, 0.05) is 58.7 Å². The van der Waals surface area contributed by atoms with Crippen LogP contribution in [0.2, 0.25) is 0 Å². The van der Waals surface area contributed by atoms with Crippen molar-refractivity contribution in [2.24, 2.45) is 0 Å². The maximum Gasteiger partial charge on any atom is 0.409 e. The first kappa shape index (κ1) is 20.6. The van der Waals surface area contributed by atoms with Gasteiger partial charge in [-0.15, -0.1) is 0 Å². The van der Waals surface area contributed by atoms with E-state index in [-0.39, 0.29) is 6.09 Å². The molecule has 2 aromatic rings. The zero-order chi connectivity index (χ0) is 20.5. The van der Waals surface area contributed by atoms with Crippen LogP contribution in [0.15, 0.2) is 52.3 Å². The fraction of sp³-hybridized carbons (Fsp3) is 0.435. The summed E-state index contributed by atoms with van der Waals surface area (Å²) in [6.45, 7) is 7.19. The highest BCUT2D eigenvalue weighted by molar-refractivity contribution is 14.1. The summed E-state index contributed by atoms with van der Waals surface area (Å²) < 4.78 is 6.35. The van der Waals surface area contributed by atoms with Gasteiger partial charge in [-0.2, -0.15) is 0 Å². The summed E-state index contributed by atoms with van der Waals surface area (Å²) >= 11 is 4.34. The molecule has 2 aromatic carbocycles. The van der Waals surface area contributed by atoms with Crippen LogP contribution < -0.4 is 0 Å². The van der Waals surface area contributed by atoms with Crippen molar-refractivity contribution in [3.63, 3.8) is 0 Å². The van der Waals surface area contributed by atoms with Crippen molar-refractivity contribution in [3.8, 4) is 0 Å². The molecule has 1 atom stereocenters. The molecular weight excluding hydrogens is 509 g/mol. The molecule has 0 radical (unpaired) electrons. The summed E-state index contributed by atoms with van der Waals surface area (Å²) in [6, 6.07) is 16.2. The number of halogens is 1. The number of fused-ring (bicyclic) bond motifs is 2. The summed E-state index contributed by atoms with van der Waals surface area (Å²) in [4.78, 5) is 21.4. The van der Waals surface area contributed by atoms with Crippen molar-refractivity contribution in [1.82, 2.24) is 14.7 Å². The first-order valence-corrected chi connectivity index (χ1v) is 12.5. The third-order valence-electron chi connectivity index (χ3n) is 6.31. The highest BCUT2D eigenvalue weighted by atomic mass is 127. The maximum absolute atomic E-state index is 11.7. The van der Waals surface area contributed by atoms with Gasteiger partial charge in [-0.3, -0.25) is 9.80 Å². The number of cyclic esters (lactones) is 1. The van der Waals surface area contributed by atoms with E-state index in [2.05, 4.69) is 74.9 Å². The molecule has 5 nitrogen and oxygen atoms in total. The van der Waals surface area contributed by atoms with Crippen molar-refractivity contribution in [2.45, 2.75) is 22.3 Å². The van der Waals surface area contributed by atoms with Crippen LogP contribution in [0.5, 0.6) is 0 Å².